The number of thiol groups is 1. The van der Waals surface area contributed by atoms with Crippen LogP contribution in [0.15, 0.2) is 0 Å². The molecule has 8 heteroatoms. The summed E-state index contributed by atoms with van der Waals surface area (Å²) >= 11 is 4.06. The molecule has 0 aromatic carbocycles. The molecule has 0 saturated carbocycles. The van der Waals surface area contributed by atoms with Crippen LogP contribution < -0.4 is 10.6 Å². The van der Waals surface area contributed by atoms with Crippen molar-refractivity contribution in [2.24, 2.45) is 0 Å². The molecule has 23 heavy (non-hydrogen) atoms. The van der Waals surface area contributed by atoms with Crippen LogP contribution in [0.4, 0.5) is 0 Å². The van der Waals surface area contributed by atoms with Gasteiger partial charge in [0.2, 0.25) is 23.6 Å². The summed E-state index contributed by atoms with van der Waals surface area (Å²) in [7, 11) is 0. The van der Waals surface area contributed by atoms with Crippen LogP contribution >= 0.6 is 12.6 Å². The highest BCUT2D eigenvalue weighted by molar-refractivity contribution is 7.81. The van der Waals surface area contributed by atoms with E-state index in [-0.39, 0.29) is 42.6 Å². The fourth-order valence-corrected chi connectivity index (χ4v) is 2.57. The van der Waals surface area contributed by atoms with E-state index >= 15 is 0 Å². The van der Waals surface area contributed by atoms with E-state index < -0.39 is 5.25 Å². The number of nitrogens with zero attached hydrogens (tertiary/aromatic N) is 1. The van der Waals surface area contributed by atoms with E-state index in [0.717, 1.165) is 6.42 Å². The van der Waals surface area contributed by atoms with Crippen molar-refractivity contribution in [3.05, 3.63) is 0 Å². The highest BCUT2D eigenvalue weighted by Gasteiger charge is 2.35. The van der Waals surface area contributed by atoms with Crippen LogP contribution in [0.25, 0.3) is 0 Å². The molecule has 1 heterocycles. The van der Waals surface area contributed by atoms with E-state index in [4.69, 9.17) is 0 Å². The monoisotopic (exact) mass is 343 g/mol. The molecule has 1 aliphatic heterocycles. The van der Waals surface area contributed by atoms with Crippen molar-refractivity contribution in [2.45, 2.75) is 57.2 Å². The molecule has 130 valence electrons. The Hall–Kier alpha value is -1.57. The molecule has 1 rings (SSSR count). The minimum Gasteiger partial charge on any atom is -0.352 e. The molecule has 0 aromatic heterocycles. The smallest absolute Gasteiger partial charge is 0.242 e. The minimum atomic E-state index is -0.509. The van der Waals surface area contributed by atoms with Gasteiger partial charge in [-0.15, -0.1) is 0 Å². The van der Waals surface area contributed by atoms with E-state index in [2.05, 4.69) is 23.3 Å². The van der Waals surface area contributed by atoms with Gasteiger partial charge < -0.3 is 10.6 Å². The van der Waals surface area contributed by atoms with E-state index in [1.807, 2.05) is 13.8 Å². The molecular weight excluding hydrogens is 318 g/mol. The van der Waals surface area contributed by atoms with Crippen LogP contribution in [0.5, 0.6) is 0 Å². The third kappa shape index (κ3) is 7.02. The summed E-state index contributed by atoms with van der Waals surface area (Å²) in [5.41, 5.74) is 0. The summed E-state index contributed by atoms with van der Waals surface area (Å²) in [5, 5.41) is 4.74. The lowest BCUT2D eigenvalue weighted by Gasteiger charge is -2.13. The summed E-state index contributed by atoms with van der Waals surface area (Å²) in [5.74, 6) is -0.787. The first-order valence-electron chi connectivity index (χ1n) is 7.89. The largest absolute Gasteiger partial charge is 0.352 e. The predicted molar refractivity (Wildman–Crippen MR) is 88.9 cm³/mol. The van der Waals surface area contributed by atoms with E-state index in [0.29, 0.717) is 25.8 Å². The number of likely N-dealkylation sites (tertiary alicyclic amines) is 1. The van der Waals surface area contributed by atoms with Crippen molar-refractivity contribution in [2.75, 3.05) is 13.1 Å². The second-order valence-electron chi connectivity index (χ2n) is 5.91. The molecule has 0 radical (unpaired) electrons. The molecule has 7 nitrogen and oxygen atoms in total. The Labute approximate surface area is 142 Å². The van der Waals surface area contributed by atoms with Gasteiger partial charge in [0.15, 0.2) is 0 Å². The van der Waals surface area contributed by atoms with E-state index in [9.17, 15) is 19.2 Å². The maximum atomic E-state index is 11.6. The zero-order valence-electron chi connectivity index (χ0n) is 13.6. The van der Waals surface area contributed by atoms with Gasteiger partial charge in [-0.1, -0.05) is 6.42 Å². The molecule has 2 N–H and O–H groups in total. The second kappa shape index (κ2) is 9.54. The van der Waals surface area contributed by atoms with Crippen molar-refractivity contribution < 1.29 is 19.2 Å². The quantitative estimate of drug-likeness (QED) is 0.318. The van der Waals surface area contributed by atoms with Gasteiger partial charge in [-0.2, -0.15) is 12.6 Å². The highest BCUT2D eigenvalue weighted by Crippen LogP contribution is 2.18. The standard InChI is InChI=1S/C15H25N3O4S/c1-10(2)17-13(20)9-16-12(19)6-4-3-5-7-18-14(21)8-11(23)15(18)22/h10-11,23H,3-9H2,1-2H3,(H,16,19)(H,17,20). The zero-order chi connectivity index (χ0) is 17.4. The number of nitrogens with one attached hydrogen (secondary N) is 2. The van der Waals surface area contributed by atoms with Gasteiger partial charge in [0, 0.05) is 25.4 Å². The Kier molecular flexibility index (Phi) is 8.08. The average molecular weight is 343 g/mol. The Balaban J connectivity index is 2.08. The number of amides is 4. The van der Waals surface area contributed by atoms with Gasteiger partial charge in [-0.3, -0.25) is 24.1 Å². The summed E-state index contributed by atoms with van der Waals surface area (Å²) in [6.07, 6.45) is 2.55. The van der Waals surface area contributed by atoms with Gasteiger partial charge in [-0.05, 0) is 26.7 Å². The van der Waals surface area contributed by atoms with Gasteiger partial charge in [-0.25, -0.2) is 0 Å². The molecule has 1 atom stereocenters. The van der Waals surface area contributed by atoms with Gasteiger partial charge in [0.1, 0.15) is 0 Å². The Bertz CT molecular complexity index is 468. The van der Waals surface area contributed by atoms with Crippen LogP contribution in [0.2, 0.25) is 0 Å². The third-order valence-corrected chi connectivity index (χ3v) is 3.80. The number of carbonyl (C=O) groups excluding carboxylic acids is 4. The van der Waals surface area contributed by atoms with Crippen LogP contribution in [0, 0.1) is 0 Å². The van der Waals surface area contributed by atoms with Gasteiger partial charge >= 0.3 is 0 Å². The Morgan fingerprint density at radius 3 is 2.48 bits per heavy atom. The van der Waals surface area contributed by atoms with Gasteiger partial charge in [0.25, 0.3) is 0 Å². The fraction of sp³-hybridized carbons (Fsp3) is 0.733. The molecule has 1 unspecified atom stereocenters. The number of unbranched alkanes of at least 4 members (excludes halogenated alkanes) is 2. The lowest BCUT2D eigenvalue weighted by Crippen LogP contribution is -2.39. The first-order valence-corrected chi connectivity index (χ1v) is 8.41. The second-order valence-corrected chi connectivity index (χ2v) is 6.54. The van der Waals surface area contributed by atoms with Crippen LogP contribution in [0.3, 0.4) is 0 Å². The summed E-state index contributed by atoms with van der Waals surface area (Å²) < 4.78 is 0. The fourth-order valence-electron chi connectivity index (χ4n) is 2.27. The molecule has 1 saturated heterocycles. The maximum absolute atomic E-state index is 11.6. The first-order chi connectivity index (χ1) is 10.8. The summed E-state index contributed by atoms with van der Waals surface area (Å²) in [6.45, 7) is 4.07. The van der Waals surface area contributed by atoms with Crippen molar-refractivity contribution in [3.8, 4) is 0 Å². The number of carbonyl (C=O) groups is 4. The van der Waals surface area contributed by atoms with Crippen molar-refractivity contribution in [1.82, 2.24) is 15.5 Å². The van der Waals surface area contributed by atoms with E-state index in [1.54, 1.807) is 0 Å². The van der Waals surface area contributed by atoms with Crippen molar-refractivity contribution >= 4 is 36.3 Å². The Morgan fingerprint density at radius 2 is 1.91 bits per heavy atom. The molecule has 0 bridgehead atoms. The normalized spacial score (nSPS) is 17.7. The van der Waals surface area contributed by atoms with Crippen molar-refractivity contribution in [1.29, 1.82) is 0 Å². The Morgan fingerprint density at radius 1 is 1.22 bits per heavy atom. The molecule has 1 fully saturated rings. The molecular formula is C15H25N3O4S. The van der Waals surface area contributed by atoms with Gasteiger partial charge in [0.05, 0.1) is 11.8 Å². The molecule has 4 amide bonds. The zero-order valence-corrected chi connectivity index (χ0v) is 14.5. The number of imide groups is 1. The molecule has 0 aromatic rings. The number of hydrogen-bond donors (Lipinski definition) is 3. The minimum absolute atomic E-state index is 0.0167. The molecule has 1 aliphatic rings. The maximum Gasteiger partial charge on any atom is 0.242 e. The van der Waals surface area contributed by atoms with Crippen molar-refractivity contribution in [3.63, 3.8) is 0 Å². The first kappa shape index (κ1) is 19.5. The molecule has 0 aliphatic carbocycles. The lowest BCUT2D eigenvalue weighted by atomic mass is 10.2. The number of hydrogen-bond acceptors (Lipinski definition) is 5. The van der Waals surface area contributed by atoms with E-state index in [1.165, 1.54) is 4.90 Å². The van der Waals surface area contributed by atoms with Crippen LogP contribution in [-0.2, 0) is 19.2 Å². The average Bonchev–Trinajstić information content (AvgIpc) is 2.70. The topological polar surface area (TPSA) is 95.6 Å². The lowest BCUT2D eigenvalue weighted by molar-refractivity contribution is -0.138. The van der Waals surface area contributed by atoms with Crippen LogP contribution in [0.1, 0.15) is 46.0 Å². The summed E-state index contributed by atoms with van der Waals surface area (Å²) in [4.78, 5) is 47.4. The van der Waals surface area contributed by atoms with Crippen LogP contribution in [-0.4, -0.2) is 52.9 Å². The SMILES string of the molecule is CC(C)NC(=O)CNC(=O)CCCCCN1C(=O)CC(S)C1=O. The predicted octanol–water partition coefficient (Wildman–Crippen LogP) is 0.245. The molecule has 0 spiro atoms. The summed E-state index contributed by atoms with van der Waals surface area (Å²) in [6, 6.07) is 0.0484. The highest BCUT2D eigenvalue weighted by atomic mass is 32.1. The third-order valence-electron chi connectivity index (χ3n) is 3.40. The number of rotatable bonds is 9.